The van der Waals surface area contributed by atoms with Gasteiger partial charge in [0.25, 0.3) is 5.91 Å². The standard InChI is InChI=1S/C33H35F3N8O.ClH/c1-21-7-8-23(17-22(21)10-12-28-29-30(37)38-20-39-31(29)44(41-28)26-5-3-4-6-26)32(45)40-25-11-9-24(27(18-25)33(34,35)36)19-43-15-13-42(2)14-16-43;/h7-9,11,17-18,20,26H,3-6,13-16,19H2,1-2H3,(H,40,45)(H2,37,38,39);1H. The smallest absolute Gasteiger partial charge is 0.383 e. The molecule has 242 valence electrons. The molecule has 4 aromatic rings. The summed E-state index contributed by atoms with van der Waals surface area (Å²) < 4.78 is 44.1. The van der Waals surface area contributed by atoms with Crippen LogP contribution in [0, 0.1) is 18.8 Å². The second-order valence-corrected chi connectivity index (χ2v) is 11.9. The summed E-state index contributed by atoms with van der Waals surface area (Å²) in [6.07, 6.45) is 1.13. The number of carbonyl (C=O) groups is 1. The molecule has 0 atom stereocenters. The summed E-state index contributed by atoms with van der Waals surface area (Å²) in [5.41, 5.74) is 8.50. The molecule has 3 N–H and O–H groups in total. The number of nitrogens with two attached hydrogens (primary N) is 1. The van der Waals surface area contributed by atoms with Crippen LogP contribution in [0.25, 0.3) is 11.0 Å². The number of nitrogen functional groups attached to an aromatic ring is 1. The number of hydrogen-bond acceptors (Lipinski definition) is 7. The molecule has 1 saturated carbocycles. The number of alkyl halides is 3. The van der Waals surface area contributed by atoms with Crippen molar-refractivity contribution in [2.45, 2.75) is 51.4 Å². The maximum absolute atomic E-state index is 14.1. The predicted molar refractivity (Wildman–Crippen MR) is 174 cm³/mol. The van der Waals surface area contributed by atoms with Crippen molar-refractivity contribution in [3.05, 3.63) is 76.2 Å². The first-order valence-electron chi connectivity index (χ1n) is 15.1. The molecule has 0 spiro atoms. The summed E-state index contributed by atoms with van der Waals surface area (Å²) in [7, 11) is 2.00. The van der Waals surface area contributed by atoms with E-state index in [1.54, 1.807) is 18.2 Å². The lowest BCUT2D eigenvalue weighted by Gasteiger charge is -2.33. The van der Waals surface area contributed by atoms with Gasteiger partial charge in [0.15, 0.2) is 5.65 Å². The number of fused-ring (bicyclic) bond motifs is 1. The zero-order valence-corrected chi connectivity index (χ0v) is 26.5. The number of nitrogens with zero attached hydrogens (tertiary/aromatic N) is 6. The van der Waals surface area contributed by atoms with E-state index in [1.807, 2.05) is 23.6 Å². The van der Waals surface area contributed by atoms with Crippen LogP contribution in [-0.2, 0) is 12.7 Å². The highest BCUT2D eigenvalue weighted by Crippen LogP contribution is 2.35. The number of piperazine rings is 1. The van der Waals surface area contributed by atoms with E-state index in [-0.39, 0.29) is 41.8 Å². The minimum atomic E-state index is -4.56. The van der Waals surface area contributed by atoms with Gasteiger partial charge < -0.3 is 16.0 Å². The minimum absolute atomic E-state index is 0. The number of nitrogens with one attached hydrogen (secondary N) is 1. The van der Waals surface area contributed by atoms with E-state index in [9.17, 15) is 18.0 Å². The van der Waals surface area contributed by atoms with Gasteiger partial charge in [-0.1, -0.05) is 30.9 Å². The third kappa shape index (κ3) is 7.12. The number of rotatable bonds is 5. The van der Waals surface area contributed by atoms with Gasteiger partial charge in [-0.05, 0) is 68.1 Å². The molecule has 46 heavy (non-hydrogen) atoms. The summed E-state index contributed by atoms with van der Waals surface area (Å²) in [4.78, 5) is 25.9. The minimum Gasteiger partial charge on any atom is -0.383 e. The van der Waals surface area contributed by atoms with Crippen molar-refractivity contribution in [3.63, 3.8) is 0 Å². The number of hydrogen-bond donors (Lipinski definition) is 2. The van der Waals surface area contributed by atoms with Gasteiger partial charge in [-0.3, -0.25) is 9.69 Å². The summed E-state index contributed by atoms with van der Waals surface area (Å²) >= 11 is 0. The van der Waals surface area contributed by atoms with Gasteiger partial charge in [-0.15, -0.1) is 12.4 Å². The molecule has 0 bridgehead atoms. The molecule has 9 nitrogen and oxygen atoms in total. The average Bonchev–Trinajstić information content (AvgIpc) is 3.67. The number of likely N-dealkylation sites (N-methyl/N-ethyl adjacent to an activating group) is 1. The number of anilines is 2. The second kappa shape index (κ2) is 13.7. The summed E-state index contributed by atoms with van der Waals surface area (Å²) in [5.74, 6) is 5.98. The van der Waals surface area contributed by atoms with Gasteiger partial charge in [0.2, 0.25) is 0 Å². The van der Waals surface area contributed by atoms with Crippen LogP contribution in [0.5, 0.6) is 0 Å². The zero-order valence-electron chi connectivity index (χ0n) is 25.7. The Morgan fingerprint density at radius 1 is 1.04 bits per heavy atom. The molecule has 1 aliphatic heterocycles. The monoisotopic (exact) mass is 652 g/mol. The van der Waals surface area contributed by atoms with Crippen molar-refractivity contribution < 1.29 is 18.0 Å². The third-order valence-corrected chi connectivity index (χ3v) is 8.67. The highest BCUT2D eigenvalue weighted by atomic mass is 35.5. The van der Waals surface area contributed by atoms with Crippen LogP contribution < -0.4 is 11.1 Å². The van der Waals surface area contributed by atoms with E-state index in [0.717, 1.165) is 50.4 Å². The van der Waals surface area contributed by atoms with E-state index in [1.165, 1.54) is 18.5 Å². The van der Waals surface area contributed by atoms with Crippen molar-refractivity contribution in [1.82, 2.24) is 29.5 Å². The number of carbonyl (C=O) groups excluding carboxylic acids is 1. The molecule has 2 fully saturated rings. The highest BCUT2D eigenvalue weighted by molar-refractivity contribution is 6.04. The van der Waals surface area contributed by atoms with Crippen molar-refractivity contribution in [2.24, 2.45) is 0 Å². The van der Waals surface area contributed by atoms with Crippen LogP contribution in [0.1, 0.15) is 70.0 Å². The van der Waals surface area contributed by atoms with E-state index >= 15 is 0 Å². The molecule has 0 unspecified atom stereocenters. The Morgan fingerprint density at radius 3 is 2.50 bits per heavy atom. The van der Waals surface area contributed by atoms with Crippen LogP contribution in [-0.4, -0.2) is 68.7 Å². The van der Waals surface area contributed by atoms with Gasteiger partial charge in [0.05, 0.1) is 17.0 Å². The fourth-order valence-electron chi connectivity index (χ4n) is 6.02. The van der Waals surface area contributed by atoms with Crippen molar-refractivity contribution in [3.8, 4) is 11.8 Å². The molecule has 3 heterocycles. The molecule has 2 aliphatic rings. The van der Waals surface area contributed by atoms with Crippen molar-refractivity contribution in [2.75, 3.05) is 44.3 Å². The maximum Gasteiger partial charge on any atom is 0.416 e. The molecular weight excluding hydrogens is 617 g/mol. The second-order valence-electron chi connectivity index (χ2n) is 11.9. The van der Waals surface area contributed by atoms with E-state index in [4.69, 9.17) is 10.8 Å². The SMILES string of the molecule is Cc1ccc(C(=O)Nc2ccc(CN3CCN(C)CC3)c(C(F)(F)F)c2)cc1C#Cc1nn(C2CCCC2)c2ncnc(N)c12.Cl. The predicted octanol–water partition coefficient (Wildman–Crippen LogP) is 5.67. The quantitative estimate of drug-likeness (QED) is 0.268. The Hall–Kier alpha value is -4.18. The Labute approximate surface area is 271 Å². The Kier molecular flexibility index (Phi) is 9.86. The van der Waals surface area contributed by atoms with E-state index < -0.39 is 17.6 Å². The lowest BCUT2D eigenvalue weighted by Crippen LogP contribution is -2.44. The Bertz CT molecular complexity index is 1800. The van der Waals surface area contributed by atoms with Crippen molar-refractivity contribution >= 4 is 40.9 Å². The highest BCUT2D eigenvalue weighted by Gasteiger charge is 2.34. The lowest BCUT2D eigenvalue weighted by molar-refractivity contribution is -0.138. The molecule has 1 aliphatic carbocycles. The third-order valence-electron chi connectivity index (χ3n) is 8.67. The lowest BCUT2D eigenvalue weighted by atomic mass is 10.0. The average molecular weight is 653 g/mol. The fourth-order valence-corrected chi connectivity index (χ4v) is 6.02. The first-order valence-corrected chi connectivity index (χ1v) is 15.1. The van der Waals surface area contributed by atoms with Crippen LogP contribution in [0.2, 0.25) is 0 Å². The zero-order chi connectivity index (χ0) is 31.7. The Balaban J connectivity index is 0.00000417. The topological polar surface area (TPSA) is 105 Å². The molecule has 6 rings (SSSR count). The van der Waals surface area contributed by atoms with E-state index in [2.05, 4.69) is 32.0 Å². The van der Waals surface area contributed by atoms with Crippen LogP contribution in [0.3, 0.4) is 0 Å². The number of aromatic nitrogens is 4. The summed E-state index contributed by atoms with van der Waals surface area (Å²) in [5, 5.41) is 7.98. The largest absolute Gasteiger partial charge is 0.416 e. The number of benzene rings is 2. The summed E-state index contributed by atoms with van der Waals surface area (Å²) in [6, 6.07) is 9.21. The number of aryl methyl sites for hydroxylation is 1. The first-order chi connectivity index (χ1) is 21.6. The molecule has 1 saturated heterocycles. The molecule has 0 radical (unpaired) electrons. The molecule has 2 aromatic heterocycles. The van der Waals surface area contributed by atoms with Gasteiger partial charge in [-0.25, -0.2) is 14.6 Å². The van der Waals surface area contributed by atoms with Crippen LogP contribution in [0.4, 0.5) is 24.7 Å². The number of amides is 1. The molecule has 2 aromatic carbocycles. The van der Waals surface area contributed by atoms with Gasteiger partial charge >= 0.3 is 6.18 Å². The van der Waals surface area contributed by atoms with Crippen LogP contribution in [0.15, 0.2) is 42.7 Å². The number of halogens is 4. The molecular formula is C33H36ClF3N8O. The molecule has 1 amide bonds. The Morgan fingerprint density at radius 2 is 1.78 bits per heavy atom. The maximum atomic E-state index is 14.1. The van der Waals surface area contributed by atoms with E-state index in [0.29, 0.717) is 41.2 Å². The van der Waals surface area contributed by atoms with Gasteiger partial charge in [-0.2, -0.15) is 18.3 Å². The van der Waals surface area contributed by atoms with Crippen LogP contribution >= 0.6 is 12.4 Å². The van der Waals surface area contributed by atoms with Gasteiger partial charge in [0.1, 0.15) is 17.8 Å². The summed E-state index contributed by atoms with van der Waals surface area (Å²) in [6.45, 7) is 5.08. The first kappa shape index (κ1) is 33.2. The molecule has 13 heteroatoms. The van der Waals surface area contributed by atoms with Crippen molar-refractivity contribution in [1.29, 1.82) is 0 Å². The normalized spacial score (nSPS) is 16.2. The fraction of sp³-hybridized carbons (Fsp3) is 0.394. The van der Waals surface area contributed by atoms with Gasteiger partial charge in [0, 0.05) is 49.5 Å².